The van der Waals surface area contributed by atoms with Crippen molar-refractivity contribution in [2.75, 3.05) is 0 Å². The van der Waals surface area contributed by atoms with E-state index in [2.05, 4.69) is 5.32 Å². The Labute approximate surface area is 127 Å². The number of benzene rings is 1. The summed E-state index contributed by atoms with van der Waals surface area (Å²) in [5, 5.41) is 2.80. The van der Waals surface area contributed by atoms with E-state index >= 15 is 0 Å². The molecule has 1 N–H and O–H groups in total. The van der Waals surface area contributed by atoms with Gasteiger partial charge < -0.3 is 4.90 Å². The van der Waals surface area contributed by atoms with Crippen molar-refractivity contribution in [1.82, 2.24) is 10.2 Å². The molecule has 0 unspecified atom stereocenters. The van der Waals surface area contributed by atoms with Gasteiger partial charge in [-0.15, -0.1) is 0 Å². The highest BCUT2D eigenvalue weighted by Crippen LogP contribution is 2.31. The fraction of sp³-hybridized carbons (Fsp3) is 0.400. The maximum Gasteiger partial charge on any atom is 0.249 e. The van der Waals surface area contributed by atoms with Crippen molar-refractivity contribution < 1.29 is 14.4 Å². The number of amides is 3. The normalized spacial score (nSPS) is 21.3. The number of nitrogens with one attached hydrogen (secondary N) is 1. The molecule has 6 heteroatoms. The minimum atomic E-state index is -0.667. The SMILES string of the molecule is O=C1C[C@H](N(C(=O)Cc2ccccc2Cl)C2CC2)C(=O)N1. The smallest absolute Gasteiger partial charge is 0.249 e. The molecule has 2 fully saturated rings. The predicted octanol–water partition coefficient (Wildman–Crippen LogP) is 1.29. The molecule has 3 amide bonds. The van der Waals surface area contributed by atoms with Crippen LogP contribution in [-0.2, 0) is 20.8 Å². The zero-order valence-corrected chi connectivity index (χ0v) is 12.1. The molecule has 1 aliphatic carbocycles. The molecule has 1 aliphatic heterocycles. The molecule has 0 spiro atoms. The summed E-state index contributed by atoms with van der Waals surface area (Å²) in [7, 11) is 0. The van der Waals surface area contributed by atoms with Crippen LogP contribution in [-0.4, -0.2) is 34.7 Å². The third-order valence-electron chi connectivity index (χ3n) is 3.81. The van der Waals surface area contributed by atoms with E-state index in [9.17, 15) is 14.4 Å². The Morgan fingerprint density at radius 3 is 2.57 bits per heavy atom. The van der Waals surface area contributed by atoms with E-state index in [4.69, 9.17) is 11.6 Å². The van der Waals surface area contributed by atoms with E-state index in [0.717, 1.165) is 18.4 Å². The molecule has 1 saturated heterocycles. The van der Waals surface area contributed by atoms with Crippen molar-refractivity contribution in [3.05, 3.63) is 34.9 Å². The average Bonchev–Trinajstić information content (AvgIpc) is 3.19. The number of nitrogens with zero attached hydrogens (tertiary/aromatic N) is 1. The Morgan fingerprint density at radius 1 is 1.29 bits per heavy atom. The Bertz CT molecular complexity index is 613. The number of carbonyl (C=O) groups is 3. The van der Waals surface area contributed by atoms with Crippen LogP contribution >= 0.6 is 11.6 Å². The number of halogens is 1. The Hall–Kier alpha value is -1.88. The van der Waals surface area contributed by atoms with E-state index in [0.29, 0.717) is 5.02 Å². The molecule has 1 aromatic rings. The van der Waals surface area contributed by atoms with E-state index in [1.54, 1.807) is 23.1 Å². The highest BCUT2D eigenvalue weighted by atomic mass is 35.5. The van der Waals surface area contributed by atoms with Gasteiger partial charge in [0, 0.05) is 11.1 Å². The highest BCUT2D eigenvalue weighted by Gasteiger charge is 2.44. The van der Waals surface area contributed by atoms with Crippen LogP contribution < -0.4 is 5.32 Å². The van der Waals surface area contributed by atoms with E-state index in [-0.39, 0.29) is 36.6 Å². The van der Waals surface area contributed by atoms with Crippen molar-refractivity contribution in [2.45, 2.75) is 37.8 Å². The summed E-state index contributed by atoms with van der Waals surface area (Å²) >= 11 is 6.08. The van der Waals surface area contributed by atoms with Crippen LogP contribution in [0.3, 0.4) is 0 Å². The molecular weight excluding hydrogens is 292 g/mol. The number of carbonyl (C=O) groups excluding carboxylic acids is 3. The lowest BCUT2D eigenvalue weighted by Crippen LogP contribution is -2.46. The zero-order valence-electron chi connectivity index (χ0n) is 11.3. The molecule has 1 saturated carbocycles. The van der Waals surface area contributed by atoms with Crippen LogP contribution in [0.4, 0.5) is 0 Å². The second-order valence-electron chi connectivity index (χ2n) is 5.43. The molecule has 5 nitrogen and oxygen atoms in total. The standard InChI is InChI=1S/C15H15ClN2O3/c16-11-4-2-1-3-9(11)7-14(20)18(10-5-6-10)12-8-13(19)17-15(12)21/h1-4,10,12H,5-8H2,(H,17,19,21)/t12-/m0/s1. The topological polar surface area (TPSA) is 66.5 Å². The fourth-order valence-electron chi connectivity index (χ4n) is 2.65. The van der Waals surface area contributed by atoms with Gasteiger partial charge in [-0.1, -0.05) is 29.8 Å². The summed E-state index contributed by atoms with van der Waals surface area (Å²) in [6.07, 6.45) is 1.97. The molecule has 1 aromatic carbocycles. The number of hydrogen-bond donors (Lipinski definition) is 1. The minimum absolute atomic E-state index is 0.0591. The largest absolute Gasteiger partial charge is 0.327 e. The maximum absolute atomic E-state index is 12.6. The van der Waals surface area contributed by atoms with Gasteiger partial charge in [0.05, 0.1) is 12.8 Å². The van der Waals surface area contributed by atoms with Gasteiger partial charge in [0.1, 0.15) is 6.04 Å². The van der Waals surface area contributed by atoms with Crippen LogP contribution in [0, 0.1) is 0 Å². The van der Waals surface area contributed by atoms with Crippen LogP contribution in [0.25, 0.3) is 0 Å². The highest BCUT2D eigenvalue weighted by molar-refractivity contribution is 6.31. The maximum atomic E-state index is 12.6. The molecule has 21 heavy (non-hydrogen) atoms. The predicted molar refractivity (Wildman–Crippen MR) is 76.6 cm³/mol. The van der Waals surface area contributed by atoms with Gasteiger partial charge in [-0.25, -0.2) is 0 Å². The van der Waals surface area contributed by atoms with Crippen LogP contribution in [0.15, 0.2) is 24.3 Å². The summed E-state index contributed by atoms with van der Waals surface area (Å²) in [5.41, 5.74) is 0.736. The monoisotopic (exact) mass is 306 g/mol. The van der Waals surface area contributed by atoms with Crippen molar-refractivity contribution in [1.29, 1.82) is 0 Å². The van der Waals surface area contributed by atoms with Gasteiger partial charge in [-0.3, -0.25) is 19.7 Å². The average molecular weight is 307 g/mol. The quantitative estimate of drug-likeness (QED) is 0.852. The van der Waals surface area contributed by atoms with Crippen LogP contribution in [0.1, 0.15) is 24.8 Å². The molecule has 2 aliphatic rings. The second kappa shape index (κ2) is 5.48. The molecule has 0 aromatic heterocycles. The van der Waals surface area contributed by atoms with Gasteiger partial charge in [0.2, 0.25) is 17.7 Å². The van der Waals surface area contributed by atoms with Gasteiger partial charge >= 0.3 is 0 Å². The zero-order chi connectivity index (χ0) is 15.0. The summed E-state index contributed by atoms with van der Waals surface area (Å²) in [6, 6.07) is 6.56. The fourth-order valence-corrected chi connectivity index (χ4v) is 2.85. The number of imide groups is 1. The first-order chi connectivity index (χ1) is 10.1. The lowest BCUT2D eigenvalue weighted by molar-refractivity contribution is -0.139. The minimum Gasteiger partial charge on any atom is -0.327 e. The van der Waals surface area contributed by atoms with E-state index in [1.165, 1.54) is 0 Å². The van der Waals surface area contributed by atoms with Gasteiger partial charge in [-0.2, -0.15) is 0 Å². The molecule has 0 radical (unpaired) electrons. The molecule has 110 valence electrons. The van der Waals surface area contributed by atoms with Crippen molar-refractivity contribution in [3.8, 4) is 0 Å². The van der Waals surface area contributed by atoms with Crippen molar-refractivity contribution in [2.24, 2.45) is 0 Å². The molecule has 0 bridgehead atoms. The number of rotatable bonds is 4. The third-order valence-corrected chi connectivity index (χ3v) is 4.18. The Kier molecular flexibility index (Phi) is 3.68. The van der Waals surface area contributed by atoms with Gasteiger partial charge in [-0.05, 0) is 24.5 Å². The van der Waals surface area contributed by atoms with E-state index in [1.807, 2.05) is 6.07 Å². The Morgan fingerprint density at radius 2 is 2.00 bits per heavy atom. The lowest BCUT2D eigenvalue weighted by atomic mass is 10.1. The first-order valence-corrected chi connectivity index (χ1v) is 7.32. The van der Waals surface area contributed by atoms with E-state index < -0.39 is 6.04 Å². The molecule has 1 heterocycles. The van der Waals surface area contributed by atoms with Gasteiger partial charge in [0.15, 0.2) is 0 Å². The lowest BCUT2D eigenvalue weighted by Gasteiger charge is -2.27. The van der Waals surface area contributed by atoms with Gasteiger partial charge in [0.25, 0.3) is 0 Å². The molecular formula is C15H15ClN2O3. The second-order valence-corrected chi connectivity index (χ2v) is 5.84. The summed E-state index contributed by atoms with van der Waals surface area (Å²) in [4.78, 5) is 37.3. The molecule has 1 atom stereocenters. The first-order valence-electron chi connectivity index (χ1n) is 6.94. The van der Waals surface area contributed by atoms with Crippen LogP contribution in [0.5, 0.6) is 0 Å². The Balaban J connectivity index is 1.78. The van der Waals surface area contributed by atoms with Crippen molar-refractivity contribution in [3.63, 3.8) is 0 Å². The van der Waals surface area contributed by atoms with Crippen LogP contribution in [0.2, 0.25) is 5.02 Å². The summed E-state index contributed by atoms with van der Waals surface area (Å²) in [6.45, 7) is 0. The van der Waals surface area contributed by atoms with Crippen molar-refractivity contribution >= 4 is 29.3 Å². The first kappa shape index (κ1) is 14.1. The number of hydrogen-bond acceptors (Lipinski definition) is 3. The summed E-state index contributed by atoms with van der Waals surface area (Å²) in [5.74, 6) is -0.846. The third kappa shape index (κ3) is 2.93. The summed E-state index contributed by atoms with van der Waals surface area (Å²) < 4.78 is 0. The molecule has 3 rings (SSSR count).